The highest BCUT2D eigenvalue weighted by molar-refractivity contribution is 5.83. The molecule has 2 N–H and O–H groups in total. The summed E-state index contributed by atoms with van der Waals surface area (Å²) in [5.74, 6) is 0.0298. The SMILES string of the molecule is O=Cc1ccc(-c2cc(O)c(-c3ccc(C=O)cc3)cc2O)cc1. The topological polar surface area (TPSA) is 74.6 Å². The van der Waals surface area contributed by atoms with Crippen molar-refractivity contribution in [2.24, 2.45) is 0 Å². The van der Waals surface area contributed by atoms with Gasteiger partial charge in [0, 0.05) is 22.3 Å². The van der Waals surface area contributed by atoms with Crippen molar-refractivity contribution in [3.8, 4) is 33.8 Å². The van der Waals surface area contributed by atoms with Gasteiger partial charge < -0.3 is 10.2 Å². The molecule has 0 aromatic heterocycles. The molecule has 3 aromatic carbocycles. The molecule has 0 aliphatic heterocycles. The van der Waals surface area contributed by atoms with Crippen molar-refractivity contribution in [1.29, 1.82) is 0 Å². The third-order valence-electron chi connectivity index (χ3n) is 3.83. The van der Waals surface area contributed by atoms with Gasteiger partial charge in [0.2, 0.25) is 0 Å². The molecule has 0 heterocycles. The number of aldehydes is 2. The molecule has 0 spiro atoms. The summed E-state index contributed by atoms with van der Waals surface area (Å²) in [6.45, 7) is 0. The Bertz CT molecular complexity index is 817. The molecule has 0 bridgehead atoms. The molecule has 118 valence electrons. The van der Waals surface area contributed by atoms with E-state index in [0.717, 1.165) is 12.6 Å². The van der Waals surface area contributed by atoms with Gasteiger partial charge in [0.1, 0.15) is 24.1 Å². The minimum Gasteiger partial charge on any atom is -0.507 e. The Morgan fingerprint density at radius 2 is 0.917 bits per heavy atom. The van der Waals surface area contributed by atoms with E-state index in [1.54, 1.807) is 48.5 Å². The molecule has 24 heavy (non-hydrogen) atoms. The average Bonchev–Trinajstić information content (AvgIpc) is 2.63. The normalized spacial score (nSPS) is 10.3. The average molecular weight is 318 g/mol. The van der Waals surface area contributed by atoms with E-state index >= 15 is 0 Å². The predicted molar refractivity (Wildman–Crippen MR) is 91.4 cm³/mol. The molecule has 0 unspecified atom stereocenters. The first-order chi connectivity index (χ1) is 11.6. The first-order valence-corrected chi connectivity index (χ1v) is 7.29. The zero-order chi connectivity index (χ0) is 17.1. The van der Waals surface area contributed by atoms with Crippen LogP contribution in [0, 0.1) is 0 Å². The molecule has 3 aromatic rings. The monoisotopic (exact) mass is 318 g/mol. The van der Waals surface area contributed by atoms with Crippen molar-refractivity contribution in [2.45, 2.75) is 0 Å². The summed E-state index contributed by atoms with van der Waals surface area (Å²) in [5.41, 5.74) is 3.40. The molecule has 0 aliphatic rings. The number of phenolic OH excluding ortho intramolecular Hbond substituents is 2. The van der Waals surface area contributed by atoms with Crippen molar-refractivity contribution in [1.82, 2.24) is 0 Å². The molecule has 4 nitrogen and oxygen atoms in total. The smallest absolute Gasteiger partial charge is 0.150 e. The Balaban J connectivity index is 2.03. The van der Waals surface area contributed by atoms with Gasteiger partial charge in [-0.15, -0.1) is 0 Å². The van der Waals surface area contributed by atoms with Crippen LogP contribution in [0.25, 0.3) is 22.3 Å². The Morgan fingerprint density at radius 3 is 1.21 bits per heavy atom. The zero-order valence-electron chi connectivity index (χ0n) is 12.6. The number of hydrogen-bond donors (Lipinski definition) is 2. The van der Waals surface area contributed by atoms with Gasteiger partial charge in [0.05, 0.1) is 0 Å². The van der Waals surface area contributed by atoms with Crippen LogP contribution in [0.3, 0.4) is 0 Å². The second-order valence-corrected chi connectivity index (χ2v) is 5.37. The maximum Gasteiger partial charge on any atom is 0.150 e. The molecular weight excluding hydrogens is 304 g/mol. The summed E-state index contributed by atoms with van der Waals surface area (Å²) < 4.78 is 0. The van der Waals surface area contributed by atoms with Gasteiger partial charge in [-0.2, -0.15) is 0 Å². The van der Waals surface area contributed by atoms with Crippen LogP contribution in [0.2, 0.25) is 0 Å². The maximum atomic E-state index is 10.7. The predicted octanol–water partition coefficient (Wildman–Crippen LogP) is 4.06. The van der Waals surface area contributed by atoms with Crippen LogP contribution in [0.1, 0.15) is 20.7 Å². The van der Waals surface area contributed by atoms with Crippen LogP contribution in [0.15, 0.2) is 60.7 Å². The van der Waals surface area contributed by atoms with Crippen molar-refractivity contribution in [3.05, 3.63) is 71.8 Å². The number of benzene rings is 3. The van der Waals surface area contributed by atoms with Crippen molar-refractivity contribution in [2.75, 3.05) is 0 Å². The van der Waals surface area contributed by atoms with Crippen molar-refractivity contribution in [3.63, 3.8) is 0 Å². The highest BCUT2D eigenvalue weighted by atomic mass is 16.3. The quantitative estimate of drug-likeness (QED) is 0.562. The number of phenols is 2. The number of carbonyl (C=O) groups excluding carboxylic acids is 2. The highest BCUT2D eigenvalue weighted by Crippen LogP contribution is 2.39. The number of aromatic hydroxyl groups is 2. The largest absolute Gasteiger partial charge is 0.507 e. The van der Waals surface area contributed by atoms with Crippen LogP contribution >= 0.6 is 0 Å². The molecule has 0 fully saturated rings. The van der Waals surface area contributed by atoms with Gasteiger partial charge in [0.25, 0.3) is 0 Å². The third kappa shape index (κ3) is 2.90. The van der Waals surface area contributed by atoms with E-state index in [2.05, 4.69) is 0 Å². The lowest BCUT2D eigenvalue weighted by Gasteiger charge is -2.11. The lowest BCUT2D eigenvalue weighted by Crippen LogP contribution is -1.86. The Hall–Kier alpha value is -3.40. The summed E-state index contributed by atoms with van der Waals surface area (Å²) in [6, 6.07) is 16.4. The maximum absolute atomic E-state index is 10.7. The number of hydrogen-bond acceptors (Lipinski definition) is 4. The number of rotatable bonds is 4. The molecular formula is C20H14O4. The van der Waals surface area contributed by atoms with E-state index in [9.17, 15) is 19.8 Å². The second-order valence-electron chi connectivity index (χ2n) is 5.37. The van der Waals surface area contributed by atoms with Crippen LogP contribution in [-0.2, 0) is 0 Å². The first-order valence-electron chi connectivity index (χ1n) is 7.29. The Labute approximate surface area is 138 Å². The molecule has 0 amide bonds. The van der Waals surface area contributed by atoms with E-state index < -0.39 is 0 Å². The molecule has 4 heteroatoms. The Morgan fingerprint density at radius 1 is 0.583 bits per heavy atom. The lowest BCUT2D eigenvalue weighted by molar-refractivity contribution is 0.111. The lowest BCUT2D eigenvalue weighted by atomic mass is 9.97. The van der Waals surface area contributed by atoms with Crippen LogP contribution in [-0.4, -0.2) is 22.8 Å². The third-order valence-corrected chi connectivity index (χ3v) is 3.83. The van der Waals surface area contributed by atoms with Gasteiger partial charge in [-0.25, -0.2) is 0 Å². The summed E-state index contributed by atoms with van der Waals surface area (Å²) in [6.07, 6.45) is 1.49. The van der Waals surface area contributed by atoms with E-state index in [0.29, 0.717) is 33.4 Å². The fourth-order valence-electron chi connectivity index (χ4n) is 2.52. The van der Waals surface area contributed by atoms with Crippen LogP contribution < -0.4 is 0 Å². The van der Waals surface area contributed by atoms with Gasteiger partial charge >= 0.3 is 0 Å². The summed E-state index contributed by atoms with van der Waals surface area (Å²) >= 11 is 0. The highest BCUT2D eigenvalue weighted by Gasteiger charge is 2.12. The number of carbonyl (C=O) groups is 2. The Kier molecular flexibility index (Phi) is 4.12. The minimum atomic E-state index is 0.0149. The van der Waals surface area contributed by atoms with E-state index in [1.807, 2.05) is 0 Å². The van der Waals surface area contributed by atoms with Crippen molar-refractivity contribution >= 4 is 12.6 Å². The second kappa shape index (κ2) is 6.38. The van der Waals surface area contributed by atoms with Gasteiger partial charge in [-0.05, 0) is 23.3 Å². The van der Waals surface area contributed by atoms with E-state index in [4.69, 9.17) is 0 Å². The molecule has 0 aliphatic carbocycles. The fourth-order valence-corrected chi connectivity index (χ4v) is 2.52. The molecule has 0 atom stereocenters. The van der Waals surface area contributed by atoms with Crippen LogP contribution in [0.5, 0.6) is 11.5 Å². The van der Waals surface area contributed by atoms with E-state index in [-0.39, 0.29) is 11.5 Å². The standard InChI is InChI=1S/C20H14O4/c21-11-13-1-5-15(6-2-13)17-9-20(24)18(10-19(17)23)16-7-3-14(12-22)4-8-16/h1-12,23-24H. The summed E-state index contributed by atoms with van der Waals surface area (Å²) in [7, 11) is 0. The molecule has 0 radical (unpaired) electrons. The molecule has 0 saturated carbocycles. The van der Waals surface area contributed by atoms with Gasteiger partial charge in [-0.3, -0.25) is 9.59 Å². The van der Waals surface area contributed by atoms with Gasteiger partial charge in [-0.1, -0.05) is 48.5 Å². The zero-order valence-corrected chi connectivity index (χ0v) is 12.6. The van der Waals surface area contributed by atoms with Crippen molar-refractivity contribution < 1.29 is 19.8 Å². The molecule has 0 saturated heterocycles. The van der Waals surface area contributed by atoms with E-state index in [1.165, 1.54) is 12.1 Å². The summed E-state index contributed by atoms with van der Waals surface area (Å²) in [5, 5.41) is 20.6. The van der Waals surface area contributed by atoms with Gasteiger partial charge in [0.15, 0.2) is 0 Å². The molecule has 3 rings (SSSR count). The first kappa shape index (κ1) is 15.5. The minimum absolute atomic E-state index is 0.0149. The van der Waals surface area contributed by atoms with Crippen LogP contribution in [0.4, 0.5) is 0 Å². The summed E-state index contributed by atoms with van der Waals surface area (Å²) in [4.78, 5) is 21.4. The fraction of sp³-hybridized carbons (Fsp3) is 0.